The number of rotatable bonds is 4. The van der Waals surface area contributed by atoms with Gasteiger partial charge in [-0.05, 0) is 18.6 Å². The minimum atomic E-state index is -0.461. The second kappa shape index (κ2) is 6.80. The van der Waals surface area contributed by atoms with Crippen LogP contribution in [0.2, 0.25) is 0 Å². The zero-order valence-corrected chi connectivity index (χ0v) is 12.9. The number of carbonyl (C=O) groups is 2. The summed E-state index contributed by atoms with van der Waals surface area (Å²) in [6, 6.07) is 0. The number of carbonyl (C=O) groups excluding carboxylic acids is 2. The van der Waals surface area contributed by atoms with Crippen LogP contribution in [0.5, 0.6) is 0 Å². The molecule has 6 heteroatoms. The lowest BCUT2D eigenvalue weighted by Gasteiger charge is -2.47. The van der Waals surface area contributed by atoms with Crippen LogP contribution in [0.25, 0.3) is 0 Å². The Bertz CT molecular complexity index is 361. The molecule has 1 saturated carbocycles. The van der Waals surface area contributed by atoms with Gasteiger partial charge in [0.15, 0.2) is 0 Å². The number of thiol groups is 1. The van der Waals surface area contributed by atoms with Crippen molar-refractivity contribution in [2.24, 2.45) is 5.73 Å². The molecule has 0 aromatic rings. The van der Waals surface area contributed by atoms with Crippen LogP contribution in [0, 0.1) is 0 Å². The molecule has 0 aromatic carbocycles. The summed E-state index contributed by atoms with van der Waals surface area (Å²) in [5.74, 6) is 0.563. The van der Waals surface area contributed by atoms with Crippen molar-refractivity contribution >= 4 is 24.4 Å². The highest BCUT2D eigenvalue weighted by atomic mass is 32.1. The van der Waals surface area contributed by atoms with E-state index in [-0.39, 0.29) is 11.8 Å². The van der Waals surface area contributed by atoms with Crippen molar-refractivity contribution in [3.05, 3.63) is 0 Å². The number of hydrogen-bond acceptors (Lipinski definition) is 4. The molecule has 1 aliphatic heterocycles. The summed E-state index contributed by atoms with van der Waals surface area (Å²) < 4.78 is 0. The van der Waals surface area contributed by atoms with Gasteiger partial charge >= 0.3 is 0 Å². The smallest absolute Gasteiger partial charge is 0.237 e. The van der Waals surface area contributed by atoms with Crippen molar-refractivity contribution in [1.29, 1.82) is 0 Å². The van der Waals surface area contributed by atoms with E-state index in [4.69, 9.17) is 5.73 Å². The van der Waals surface area contributed by atoms with E-state index in [0.717, 1.165) is 38.8 Å². The maximum Gasteiger partial charge on any atom is 0.237 e. The van der Waals surface area contributed by atoms with Gasteiger partial charge < -0.3 is 10.6 Å². The van der Waals surface area contributed by atoms with Crippen LogP contribution in [0.4, 0.5) is 0 Å². The Morgan fingerprint density at radius 1 is 1.05 bits per heavy atom. The first kappa shape index (κ1) is 15.6. The minimum Gasteiger partial charge on any atom is -0.368 e. The molecule has 2 amide bonds. The van der Waals surface area contributed by atoms with Gasteiger partial charge in [-0.2, -0.15) is 12.6 Å². The Morgan fingerprint density at radius 2 is 1.65 bits per heavy atom. The summed E-state index contributed by atoms with van der Waals surface area (Å²) in [6.45, 7) is 2.89. The molecule has 0 aromatic heterocycles. The maximum atomic E-state index is 12.0. The second-order valence-electron chi connectivity index (χ2n) is 5.80. The van der Waals surface area contributed by atoms with Gasteiger partial charge in [-0.3, -0.25) is 14.5 Å². The first-order valence-electron chi connectivity index (χ1n) is 7.54. The average molecular weight is 299 g/mol. The van der Waals surface area contributed by atoms with E-state index in [1.165, 1.54) is 6.42 Å². The fourth-order valence-corrected chi connectivity index (χ4v) is 3.68. The quantitative estimate of drug-likeness (QED) is 0.749. The predicted octanol–water partition coefficient (Wildman–Crippen LogP) is 0.639. The molecule has 2 rings (SSSR count). The van der Waals surface area contributed by atoms with Crippen molar-refractivity contribution in [2.45, 2.75) is 44.1 Å². The maximum absolute atomic E-state index is 12.0. The number of amides is 2. The number of nitrogens with two attached hydrogens (primary N) is 1. The number of hydrogen-bond donors (Lipinski definition) is 2. The first-order chi connectivity index (χ1) is 9.60. The molecule has 0 atom stereocenters. The van der Waals surface area contributed by atoms with E-state index in [0.29, 0.717) is 25.3 Å². The Morgan fingerprint density at radius 3 is 2.15 bits per heavy atom. The third-order valence-corrected chi connectivity index (χ3v) is 4.93. The first-order valence-corrected chi connectivity index (χ1v) is 8.17. The van der Waals surface area contributed by atoms with E-state index >= 15 is 0 Å². The van der Waals surface area contributed by atoms with Crippen LogP contribution in [-0.4, -0.2) is 59.1 Å². The Kier molecular flexibility index (Phi) is 5.32. The normalized spacial score (nSPS) is 23.6. The summed E-state index contributed by atoms with van der Waals surface area (Å²) >= 11 is 4.10. The lowest BCUT2D eigenvalue weighted by Crippen LogP contribution is -2.63. The van der Waals surface area contributed by atoms with Crippen LogP contribution in [0.15, 0.2) is 0 Å². The highest BCUT2D eigenvalue weighted by Crippen LogP contribution is 2.34. The molecule has 1 aliphatic carbocycles. The third kappa shape index (κ3) is 3.11. The molecule has 0 radical (unpaired) electrons. The predicted molar refractivity (Wildman–Crippen MR) is 81.6 cm³/mol. The fourth-order valence-electron chi connectivity index (χ4n) is 3.49. The molecule has 2 fully saturated rings. The van der Waals surface area contributed by atoms with Gasteiger partial charge in [-0.1, -0.05) is 19.3 Å². The van der Waals surface area contributed by atoms with Crippen LogP contribution in [0.1, 0.15) is 38.5 Å². The SMILES string of the molecule is NC(=O)C1(N2CCN(C(=O)CCS)CC2)CCCCC1. The van der Waals surface area contributed by atoms with Crippen LogP contribution in [-0.2, 0) is 9.59 Å². The number of piperazine rings is 1. The van der Waals surface area contributed by atoms with Crippen LogP contribution >= 0.6 is 12.6 Å². The van der Waals surface area contributed by atoms with Crippen molar-refractivity contribution < 1.29 is 9.59 Å². The van der Waals surface area contributed by atoms with Gasteiger partial charge in [-0.25, -0.2) is 0 Å². The molecule has 2 N–H and O–H groups in total. The third-order valence-electron chi connectivity index (χ3n) is 4.70. The van der Waals surface area contributed by atoms with Gasteiger partial charge in [-0.15, -0.1) is 0 Å². The summed E-state index contributed by atoms with van der Waals surface area (Å²) in [6.07, 6.45) is 5.56. The molecule has 0 bridgehead atoms. The molecule has 0 spiro atoms. The van der Waals surface area contributed by atoms with Gasteiger partial charge in [0.2, 0.25) is 11.8 Å². The Labute approximate surface area is 126 Å². The van der Waals surface area contributed by atoms with Crippen molar-refractivity contribution in [1.82, 2.24) is 9.80 Å². The topological polar surface area (TPSA) is 66.6 Å². The zero-order valence-electron chi connectivity index (χ0n) is 12.0. The summed E-state index contributed by atoms with van der Waals surface area (Å²) in [7, 11) is 0. The highest BCUT2D eigenvalue weighted by molar-refractivity contribution is 7.80. The Hall–Kier alpha value is -0.750. The van der Waals surface area contributed by atoms with Crippen LogP contribution < -0.4 is 5.73 Å². The van der Waals surface area contributed by atoms with Gasteiger partial charge in [0.25, 0.3) is 0 Å². The summed E-state index contributed by atoms with van der Waals surface area (Å²) in [5.41, 5.74) is 5.24. The molecule has 2 aliphatic rings. The van der Waals surface area contributed by atoms with Crippen molar-refractivity contribution in [3.63, 3.8) is 0 Å². The van der Waals surface area contributed by atoms with E-state index in [1.807, 2.05) is 4.90 Å². The molecule has 20 heavy (non-hydrogen) atoms. The summed E-state index contributed by atoms with van der Waals surface area (Å²) in [5, 5.41) is 0. The van der Waals surface area contributed by atoms with E-state index in [1.54, 1.807) is 0 Å². The lowest BCUT2D eigenvalue weighted by atomic mass is 9.79. The second-order valence-corrected chi connectivity index (χ2v) is 6.25. The number of primary amides is 1. The van der Waals surface area contributed by atoms with Crippen molar-refractivity contribution in [2.75, 3.05) is 31.9 Å². The molecular weight excluding hydrogens is 274 g/mol. The van der Waals surface area contributed by atoms with E-state index in [9.17, 15) is 9.59 Å². The highest BCUT2D eigenvalue weighted by Gasteiger charge is 2.44. The zero-order chi connectivity index (χ0) is 14.6. The van der Waals surface area contributed by atoms with E-state index < -0.39 is 5.54 Å². The minimum absolute atomic E-state index is 0.163. The van der Waals surface area contributed by atoms with E-state index in [2.05, 4.69) is 17.5 Å². The molecule has 0 unspecified atom stereocenters. The monoisotopic (exact) mass is 299 g/mol. The van der Waals surface area contributed by atoms with Crippen LogP contribution in [0.3, 0.4) is 0 Å². The standard InChI is InChI=1S/C14H25N3O2S/c15-13(19)14(5-2-1-3-6-14)17-9-7-16(8-10-17)12(18)4-11-20/h20H,1-11H2,(H2,15,19). The Balaban J connectivity index is 1.97. The lowest BCUT2D eigenvalue weighted by molar-refractivity contribution is -0.138. The molecule has 114 valence electrons. The summed E-state index contributed by atoms with van der Waals surface area (Å²) in [4.78, 5) is 27.9. The molecule has 5 nitrogen and oxygen atoms in total. The van der Waals surface area contributed by atoms with Gasteiger partial charge in [0.1, 0.15) is 5.54 Å². The average Bonchev–Trinajstić information content (AvgIpc) is 2.48. The number of nitrogens with zero attached hydrogens (tertiary/aromatic N) is 2. The largest absolute Gasteiger partial charge is 0.368 e. The van der Waals surface area contributed by atoms with Gasteiger partial charge in [0, 0.05) is 32.6 Å². The molecular formula is C14H25N3O2S. The van der Waals surface area contributed by atoms with Crippen molar-refractivity contribution in [3.8, 4) is 0 Å². The van der Waals surface area contributed by atoms with Gasteiger partial charge in [0.05, 0.1) is 0 Å². The fraction of sp³-hybridized carbons (Fsp3) is 0.857. The molecule has 1 saturated heterocycles. The molecule has 1 heterocycles.